The van der Waals surface area contributed by atoms with Crippen LogP contribution in [0.5, 0.6) is 5.75 Å². The minimum atomic E-state index is -0.879. The maximum Gasteiger partial charge on any atom is 0.204 e. The quantitative estimate of drug-likeness (QED) is 0.715. The van der Waals surface area contributed by atoms with Crippen molar-refractivity contribution in [1.82, 2.24) is 9.97 Å². The van der Waals surface area contributed by atoms with Crippen LogP contribution in [0.4, 0.5) is 11.6 Å². The largest absolute Gasteiger partial charge is 0.490 e. The topological polar surface area (TPSA) is 88.5 Å². The molecule has 1 aromatic rings. The number of nitrogens with zero attached hydrogens (tertiary/aromatic N) is 2. The first-order valence-corrected chi connectivity index (χ1v) is 6.25. The second kappa shape index (κ2) is 5.58. The fourth-order valence-electron chi connectivity index (χ4n) is 2.11. The van der Waals surface area contributed by atoms with Gasteiger partial charge in [-0.2, -0.15) is 0 Å². The minimum Gasteiger partial charge on any atom is -0.490 e. The lowest BCUT2D eigenvalue weighted by molar-refractivity contribution is -0.0176. The van der Waals surface area contributed by atoms with E-state index >= 15 is 0 Å². The molecule has 1 aromatic heterocycles. The van der Waals surface area contributed by atoms with Gasteiger partial charge in [-0.05, 0) is 6.92 Å². The minimum absolute atomic E-state index is 0.198. The summed E-state index contributed by atoms with van der Waals surface area (Å²) in [5, 5.41) is 16.5. The summed E-state index contributed by atoms with van der Waals surface area (Å²) in [6.07, 6.45) is 1.85. The van der Waals surface area contributed by atoms with Crippen molar-refractivity contribution in [1.29, 1.82) is 0 Å². The van der Waals surface area contributed by atoms with Crippen molar-refractivity contribution >= 4 is 11.6 Å². The van der Waals surface area contributed by atoms with Gasteiger partial charge in [-0.1, -0.05) is 0 Å². The lowest BCUT2D eigenvalue weighted by atomic mass is 9.97. The Bertz CT molecular complexity index is 443. The molecule has 0 amide bonds. The van der Waals surface area contributed by atoms with Gasteiger partial charge in [-0.25, -0.2) is 9.97 Å². The molecule has 0 aromatic carbocycles. The Morgan fingerprint density at radius 1 is 1.53 bits per heavy atom. The van der Waals surface area contributed by atoms with Gasteiger partial charge in [0.2, 0.25) is 5.75 Å². The van der Waals surface area contributed by atoms with E-state index in [1.807, 2.05) is 6.92 Å². The zero-order chi connectivity index (χ0) is 13.9. The molecular weight excluding hydrogens is 248 g/mol. The first-order valence-electron chi connectivity index (χ1n) is 6.25. The normalized spacial score (nSPS) is 26.2. The fraction of sp³-hybridized carbons (Fsp3) is 0.667. The average Bonchev–Trinajstić information content (AvgIpc) is 2.76. The molecule has 1 fully saturated rings. The van der Waals surface area contributed by atoms with Crippen LogP contribution in [0.2, 0.25) is 0 Å². The van der Waals surface area contributed by atoms with Gasteiger partial charge in [-0.15, -0.1) is 0 Å². The molecule has 2 rings (SSSR count). The number of rotatable bonds is 5. The van der Waals surface area contributed by atoms with Gasteiger partial charge in [0.25, 0.3) is 0 Å². The van der Waals surface area contributed by atoms with E-state index in [1.165, 1.54) is 6.33 Å². The van der Waals surface area contributed by atoms with E-state index in [4.69, 9.17) is 9.47 Å². The molecule has 7 heteroatoms. The van der Waals surface area contributed by atoms with Crippen LogP contribution in [0.15, 0.2) is 6.33 Å². The van der Waals surface area contributed by atoms with Crippen LogP contribution in [0.1, 0.15) is 13.3 Å². The smallest absolute Gasteiger partial charge is 0.204 e. The summed E-state index contributed by atoms with van der Waals surface area (Å²) in [6.45, 7) is 2.79. The average molecular weight is 268 g/mol. The Kier molecular flexibility index (Phi) is 4.06. The van der Waals surface area contributed by atoms with E-state index < -0.39 is 5.60 Å². The summed E-state index contributed by atoms with van der Waals surface area (Å²) < 4.78 is 10.7. The van der Waals surface area contributed by atoms with Gasteiger partial charge in [-0.3, -0.25) is 0 Å². The summed E-state index contributed by atoms with van der Waals surface area (Å²) in [7, 11) is 3.32. The Labute approximate surface area is 112 Å². The predicted octanol–water partition coefficient (Wildman–Crippen LogP) is 0.479. The first kappa shape index (κ1) is 13.8. The first-order chi connectivity index (χ1) is 9.10. The highest BCUT2D eigenvalue weighted by molar-refractivity contribution is 5.63. The van der Waals surface area contributed by atoms with Crippen molar-refractivity contribution in [2.24, 2.45) is 0 Å². The number of hydrogen-bond donors (Lipinski definition) is 3. The third kappa shape index (κ3) is 2.71. The summed E-state index contributed by atoms with van der Waals surface area (Å²) in [5.41, 5.74) is -0.879. The molecule has 7 nitrogen and oxygen atoms in total. The van der Waals surface area contributed by atoms with Gasteiger partial charge < -0.3 is 25.2 Å². The van der Waals surface area contributed by atoms with Crippen LogP contribution in [0, 0.1) is 0 Å². The van der Waals surface area contributed by atoms with Crippen LogP contribution in [-0.2, 0) is 4.74 Å². The standard InChI is InChI=1S/C12H20N4O3/c1-8-12(17,4-5-19-8)6-14-11-9(18-3)10(13-2)15-7-16-11/h7-8,17H,4-6H2,1-3H3,(H2,13,14,15,16). The van der Waals surface area contributed by atoms with Crippen LogP contribution >= 0.6 is 0 Å². The second-order valence-electron chi connectivity index (χ2n) is 4.57. The Balaban J connectivity index is 2.11. The summed E-state index contributed by atoms with van der Waals surface area (Å²) >= 11 is 0. The van der Waals surface area contributed by atoms with Crippen LogP contribution in [0.25, 0.3) is 0 Å². The fourth-order valence-corrected chi connectivity index (χ4v) is 2.11. The van der Waals surface area contributed by atoms with Crippen molar-refractivity contribution in [2.45, 2.75) is 25.0 Å². The Morgan fingerprint density at radius 3 is 2.84 bits per heavy atom. The molecule has 1 saturated heterocycles. The SMILES string of the molecule is CNc1ncnc(NCC2(O)CCOC2C)c1OC. The molecule has 0 saturated carbocycles. The Hall–Kier alpha value is -1.60. The van der Waals surface area contributed by atoms with Crippen LogP contribution in [-0.4, -0.2) is 54.1 Å². The molecule has 2 unspecified atom stereocenters. The number of ether oxygens (including phenoxy) is 2. The van der Waals surface area contributed by atoms with E-state index in [9.17, 15) is 5.11 Å². The highest BCUT2D eigenvalue weighted by atomic mass is 16.5. The van der Waals surface area contributed by atoms with Crippen molar-refractivity contribution in [2.75, 3.05) is 37.9 Å². The lowest BCUT2D eigenvalue weighted by Gasteiger charge is -2.26. The van der Waals surface area contributed by atoms with Crippen LogP contribution < -0.4 is 15.4 Å². The van der Waals surface area contributed by atoms with E-state index in [0.717, 1.165) is 0 Å². The van der Waals surface area contributed by atoms with Gasteiger partial charge in [0, 0.05) is 26.6 Å². The maximum atomic E-state index is 10.4. The number of methoxy groups -OCH3 is 1. The molecule has 1 aliphatic heterocycles. The molecule has 106 valence electrons. The summed E-state index contributed by atoms with van der Waals surface area (Å²) in [6, 6.07) is 0. The van der Waals surface area contributed by atoms with Crippen molar-refractivity contribution in [3.63, 3.8) is 0 Å². The molecule has 3 N–H and O–H groups in total. The summed E-state index contributed by atoms with van der Waals surface area (Å²) in [5.74, 6) is 1.68. The summed E-state index contributed by atoms with van der Waals surface area (Å²) in [4.78, 5) is 8.20. The van der Waals surface area contributed by atoms with E-state index in [-0.39, 0.29) is 6.10 Å². The Morgan fingerprint density at radius 2 is 2.26 bits per heavy atom. The highest BCUT2D eigenvalue weighted by Crippen LogP contribution is 2.31. The number of aromatic nitrogens is 2. The van der Waals surface area contributed by atoms with Crippen molar-refractivity contribution in [3.8, 4) is 5.75 Å². The second-order valence-corrected chi connectivity index (χ2v) is 4.57. The molecule has 1 aliphatic rings. The van der Waals surface area contributed by atoms with Crippen molar-refractivity contribution < 1.29 is 14.6 Å². The highest BCUT2D eigenvalue weighted by Gasteiger charge is 2.39. The molecule has 0 bridgehead atoms. The van der Waals surface area contributed by atoms with Gasteiger partial charge in [0.1, 0.15) is 11.9 Å². The molecular formula is C12H20N4O3. The number of hydrogen-bond acceptors (Lipinski definition) is 7. The number of anilines is 2. The van der Waals surface area contributed by atoms with Crippen LogP contribution in [0.3, 0.4) is 0 Å². The van der Waals surface area contributed by atoms with Gasteiger partial charge in [0.05, 0.1) is 13.2 Å². The predicted molar refractivity (Wildman–Crippen MR) is 71.6 cm³/mol. The number of aliphatic hydroxyl groups is 1. The maximum absolute atomic E-state index is 10.4. The van der Waals surface area contributed by atoms with Crippen molar-refractivity contribution in [3.05, 3.63) is 6.33 Å². The van der Waals surface area contributed by atoms with E-state index in [2.05, 4.69) is 20.6 Å². The molecule has 0 radical (unpaired) electrons. The molecule has 2 heterocycles. The molecule has 0 spiro atoms. The zero-order valence-corrected chi connectivity index (χ0v) is 11.4. The third-order valence-corrected chi connectivity index (χ3v) is 3.47. The third-order valence-electron chi connectivity index (χ3n) is 3.47. The molecule has 2 atom stereocenters. The van der Waals surface area contributed by atoms with Gasteiger partial charge in [0.15, 0.2) is 11.6 Å². The molecule has 0 aliphatic carbocycles. The molecule has 19 heavy (non-hydrogen) atoms. The number of nitrogens with one attached hydrogen (secondary N) is 2. The van der Waals surface area contributed by atoms with E-state index in [0.29, 0.717) is 37.0 Å². The lowest BCUT2D eigenvalue weighted by Crippen LogP contribution is -2.43. The monoisotopic (exact) mass is 268 g/mol. The van der Waals surface area contributed by atoms with Gasteiger partial charge >= 0.3 is 0 Å². The zero-order valence-electron chi connectivity index (χ0n) is 11.4. The van der Waals surface area contributed by atoms with E-state index in [1.54, 1.807) is 14.2 Å².